The van der Waals surface area contributed by atoms with Gasteiger partial charge in [-0.15, -0.1) is 0 Å². The molecule has 0 aliphatic heterocycles. The van der Waals surface area contributed by atoms with Crippen LogP contribution in [-0.4, -0.2) is 21.6 Å². The molecule has 2 N–H and O–H groups in total. The van der Waals surface area contributed by atoms with E-state index in [1.54, 1.807) is 36.5 Å². The number of pyridine rings is 1. The van der Waals surface area contributed by atoms with Crippen molar-refractivity contribution in [1.82, 2.24) is 14.5 Å². The third-order valence-electron chi connectivity index (χ3n) is 3.51. The number of fused-ring (bicyclic) bond motifs is 1. The van der Waals surface area contributed by atoms with E-state index in [-0.39, 0.29) is 11.4 Å². The number of anilines is 3. The maximum Gasteiger partial charge on any atom is 0.154 e. The highest BCUT2D eigenvalue weighted by atomic mass is 19.1. The molecule has 0 saturated heterocycles. The van der Waals surface area contributed by atoms with Crippen molar-refractivity contribution in [3.05, 3.63) is 42.0 Å². The molecule has 6 nitrogen and oxygen atoms in total. The molecule has 0 spiro atoms. The Morgan fingerprint density at radius 2 is 2.14 bits per heavy atom. The molecule has 22 heavy (non-hydrogen) atoms. The lowest BCUT2D eigenvalue weighted by Gasteiger charge is -2.19. The number of aromatic nitrogens is 3. The van der Waals surface area contributed by atoms with Gasteiger partial charge in [-0.1, -0.05) is 0 Å². The average molecular weight is 296 g/mol. The topological polar surface area (TPSA) is 83.8 Å². The van der Waals surface area contributed by atoms with Gasteiger partial charge in [-0.3, -0.25) is 0 Å². The summed E-state index contributed by atoms with van der Waals surface area (Å²) >= 11 is 0. The van der Waals surface area contributed by atoms with E-state index in [0.717, 1.165) is 5.52 Å². The number of benzene rings is 1. The summed E-state index contributed by atoms with van der Waals surface area (Å²) < 4.78 is 16.0. The molecule has 0 saturated carbocycles. The van der Waals surface area contributed by atoms with E-state index in [2.05, 4.69) is 9.97 Å². The Bertz CT molecular complexity index is 908. The SMILES string of the molecule is CN(c1cc2c(ncn2C)c(N)n1)c1ccc(C#N)cc1F. The smallest absolute Gasteiger partial charge is 0.154 e. The minimum Gasteiger partial charge on any atom is -0.382 e. The minimum atomic E-state index is -0.493. The Kier molecular flexibility index (Phi) is 3.14. The van der Waals surface area contributed by atoms with E-state index >= 15 is 0 Å². The molecule has 110 valence electrons. The molecule has 0 radical (unpaired) electrons. The minimum absolute atomic E-state index is 0.268. The molecule has 0 aliphatic rings. The Morgan fingerprint density at radius 3 is 2.82 bits per heavy atom. The van der Waals surface area contributed by atoms with Gasteiger partial charge in [0.05, 0.1) is 29.2 Å². The van der Waals surface area contributed by atoms with Crippen LogP contribution < -0.4 is 10.6 Å². The van der Waals surface area contributed by atoms with Crippen molar-refractivity contribution >= 4 is 28.4 Å². The zero-order valence-corrected chi connectivity index (χ0v) is 12.1. The van der Waals surface area contributed by atoms with Crippen molar-refractivity contribution < 1.29 is 4.39 Å². The molecule has 1 aromatic carbocycles. The Morgan fingerprint density at radius 1 is 1.36 bits per heavy atom. The van der Waals surface area contributed by atoms with Gasteiger partial charge in [-0.25, -0.2) is 14.4 Å². The van der Waals surface area contributed by atoms with Gasteiger partial charge in [0.15, 0.2) is 5.82 Å². The Hall–Kier alpha value is -3.14. The number of nitrogens with two attached hydrogens (primary N) is 1. The van der Waals surface area contributed by atoms with Crippen LogP contribution in [0.2, 0.25) is 0 Å². The molecule has 0 aliphatic carbocycles. The first-order chi connectivity index (χ1) is 10.5. The normalized spacial score (nSPS) is 10.6. The first kappa shape index (κ1) is 13.8. The fourth-order valence-electron chi connectivity index (χ4n) is 2.28. The van der Waals surface area contributed by atoms with Crippen LogP contribution in [0.1, 0.15) is 5.56 Å². The van der Waals surface area contributed by atoms with Gasteiger partial charge < -0.3 is 15.2 Å². The Labute approximate surface area is 126 Å². The van der Waals surface area contributed by atoms with Gasteiger partial charge in [-0.05, 0) is 18.2 Å². The van der Waals surface area contributed by atoms with Crippen LogP contribution in [0.25, 0.3) is 11.0 Å². The molecular formula is C15H13FN6. The van der Waals surface area contributed by atoms with E-state index in [1.165, 1.54) is 6.07 Å². The Balaban J connectivity index is 2.11. The highest BCUT2D eigenvalue weighted by Crippen LogP contribution is 2.29. The maximum absolute atomic E-state index is 14.1. The molecule has 0 unspecified atom stereocenters. The first-order valence-corrected chi connectivity index (χ1v) is 6.52. The molecule has 7 heteroatoms. The summed E-state index contributed by atoms with van der Waals surface area (Å²) in [5.41, 5.74) is 7.92. The van der Waals surface area contributed by atoms with Gasteiger partial charge in [-0.2, -0.15) is 5.26 Å². The molecule has 0 atom stereocenters. The lowest BCUT2D eigenvalue weighted by atomic mass is 10.2. The van der Waals surface area contributed by atoms with Crippen molar-refractivity contribution in [2.75, 3.05) is 17.7 Å². The molecule has 3 rings (SSSR count). The van der Waals surface area contributed by atoms with Crippen LogP contribution in [-0.2, 0) is 7.05 Å². The number of imidazole rings is 1. The molecule has 2 heterocycles. The lowest BCUT2D eigenvalue weighted by molar-refractivity contribution is 0.627. The van der Waals surface area contributed by atoms with Crippen molar-refractivity contribution in [3.63, 3.8) is 0 Å². The van der Waals surface area contributed by atoms with Gasteiger partial charge in [0.25, 0.3) is 0 Å². The van der Waals surface area contributed by atoms with Gasteiger partial charge >= 0.3 is 0 Å². The number of nitrogen functional groups attached to an aromatic ring is 1. The first-order valence-electron chi connectivity index (χ1n) is 6.52. The molecule has 2 aromatic heterocycles. The van der Waals surface area contributed by atoms with Gasteiger partial charge in [0.2, 0.25) is 0 Å². The van der Waals surface area contributed by atoms with Gasteiger partial charge in [0.1, 0.15) is 17.2 Å². The number of nitrogens with zero attached hydrogens (tertiary/aromatic N) is 5. The van der Waals surface area contributed by atoms with Crippen molar-refractivity contribution in [1.29, 1.82) is 5.26 Å². The predicted octanol–water partition coefficient (Wildman–Crippen LogP) is 2.33. The number of nitriles is 1. The monoisotopic (exact) mass is 296 g/mol. The summed E-state index contributed by atoms with van der Waals surface area (Å²) in [6.45, 7) is 0. The van der Waals surface area contributed by atoms with Crippen molar-refractivity contribution in [2.45, 2.75) is 0 Å². The highest BCUT2D eigenvalue weighted by Gasteiger charge is 2.15. The number of rotatable bonds is 2. The number of aryl methyl sites for hydroxylation is 1. The van der Waals surface area contributed by atoms with Crippen molar-refractivity contribution in [3.8, 4) is 6.07 Å². The van der Waals surface area contributed by atoms with Gasteiger partial charge in [0, 0.05) is 20.2 Å². The molecule has 3 aromatic rings. The summed E-state index contributed by atoms with van der Waals surface area (Å²) in [7, 11) is 3.54. The van der Waals surface area contributed by atoms with E-state index in [0.29, 0.717) is 17.0 Å². The zero-order chi connectivity index (χ0) is 15.9. The van der Waals surface area contributed by atoms with Crippen LogP contribution >= 0.6 is 0 Å². The van der Waals surface area contributed by atoms with Crippen LogP contribution in [0.4, 0.5) is 21.7 Å². The van der Waals surface area contributed by atoms with E-state index < -0.39 is 5.82 Å². The molecule has 0 amide bonds. The third-order valence-corrected chi connectivity index (χ3v) is 3.51. The van der Waals surface area contributed by atoms with E-state index in [4.69, 9.17) is 11.0 Å². The second kappa shape index (κ2) is 5.00. The van der Waals surface area contributed by atoms with E-state index in [9.17, 15) is 4.39 Å². The molecular weight excluding hydrogens is 283 g/mol. The summed E-state index contributed by atoms with van der Waals surface area (Å²) in [5.74, 6) is 0.290. The van der Waals surface area contributed by atoms with Crippen LogP contribution in [0.5, 0.6) is 0 Å². The largest absolute Gasteiger partial charge is 0.382 e. The third kappa shape index (κ3) is 2.11. The number of hydrogen-bond acceptors (Lipinski definition) is 5. The second-order valence-electron chi connectivity index (χ2n) is 4.93. The maximum atomic E-state index is 14.1. The molecule has 0 bridgehead atoms. The van der Waals surface area contributed by atoms with Crippen molar-refractivity contribution in [2.24, 2.45) is 7.05 Å². The second-order valence-corrected chi connectivity index (χ2v) is 4.93. The van der Waals surface area contributed by atoms with Crippen LogP contribution in [0, 0.1) is 17.1 Å². The quantitative estimate of drug-likeness (QED) is 0.784. The van der Waals surface area contributed by atoms with E-state index in [1.807, 2.05) is 17.7 Å². The predicted molar refractivity (Wildman–Crippen MR) is 82.1 cm³/mol. The summed E-state index contributed by atoms with van der Waals surface area (Å²) in [6.07, 6.45) is 1.65. The fraction of sp³-hybridized carbons (Fsp3) is 0.133. The summed E-state index contributed by atoms with van der Waals surface area (Å²) in [6, 6.07) is 7.98. The van der Waals surface area contributed by atoms with Crippen LogP contribution in [0.15, 0.2) is 30.6 Å². The summed E-state index contributed by atoms with van der Waals surface area (Å²) in [4.78, 5) is 10.0. The fourth-order valence-corrected chi connectivity index (χ4v) is 2.28. The number of halogens is 1. The lowest BCUT2D eigenvalue weighted by Crippen LogP contribution is -2.14. The average Bonchev–Trinajstić information content (AvgIpc) is 2.88. The molecule has 0 fully saturated rings. The zero-order valence-electron chi connectivity index (χ0n) is 12.1. The highest BCUT2D eigenvalue weighted by molar-refractivity contribution is 5.88. The summed E-state index contributed by atoms with van der Waals surface area (Å²) in [5, 5.41) is 8.80. The van der Waals surface area contributed by atoms with Crippen LogP contribution in [0.3, 0.4) is 0 Å². The number of hydrogen-bond donors (Lipinski definition) is 1. The standard InChI is InChI=1S/C15H13FN6/c1-21-8-19-14-12(21)6-13(20-15(14)18)22(2)11-4-3-9(7-17)5-10(11)16/h3-6,8H,1-2H3,(H2,18,20).